The molecule has 0 amide bonds. The van der Waals surface area contributed by atoms with Gasteiger partial charge in [0.05, 0.1) is 5.38 Å². The molecule has 0 aromatic heterocycles. The molecular weight excluding hydrogens is 369 g/mol. The predicted molar refractivity (Wildman–Crippen MR) is 77.8 cm³/mol. The summed E-state index contributed by atoms with van der Waals surface area (Å²) in [7, 11) is 0. The first kappa shape index (κ1) is 13.7. The van der Waals surface area contributed by atoms with E-state index in [-0.39, 0.29) is 12.0 Å². The van der Waals surface area contributed by atoms with Crippen LogP contribution in [0.15, 0.2) is 42.5 Å². The zero-order chi connectivity index (χ0) is 13.1. The summed E-state index contributed by atoms with van der Waals surface area (Å²) in [5, 5.41) is -0.437. The maximum absolute atomic E-state index is 13.5. The van der Waals surface area contributed by atoms with Gasteiger partial charge in [0.2, 0.25) is 0 Å². The lowest BCUT2D eigenvalue weighted by Gasteiger charge is -2.11. The van der Waals surface area contributed by atoms with Gasteiger partial charge in [-0.1, -0.05) is 18.2 Å². The third-order valence-corrected chi connectivity index (χ3v) is 3.80. The lowest BCUT2D eigenvalue weighted by atomic mass is 10.0. The van der Waals surface area contributed by atoms with Crippen molar-refractivity contribution >= 4 is 34.2 Å². The van der Waals surface area contributed by atoms with E-state index in [0.29, 0.717) is 0 Å². The maximum Gasteiger partial charge on any atom is 0.129 e. The number of alkyl halides is 1. The molecule has 0 aliphatic carbocycles. The highest BCUT2D eigenvalue weighted by Crippen LogP contribution is 2.27. The van der Waals surface area contributed by atoms with Crippen molar-refractivity contribution in [1.29, 1.82) is 0 Å². The van der Waals surface area contributed by atoms with Crippen LogP contribution in [0.5, 0.6) is 0 Å². The Hall–Kier alpha value is -0.680. The van der Waals surface area contributed by atoms with Gasteiger partial charge in [0, 0.05) is 9.13 Å². The predicted octanol–water partition coefficient (Wildman–Crippen LogP) is 5.09. The van der Waals surface area contributed by atoms with E-state index in [1.165, 1.54) is 18.2 Å². The van der Waals surface area contributed by atoms with E-state index in [1.54, 1.807) is 0 Å². The molecule has 0 spiro atoms. The average molecular weight is 379 g/mol. The minimum absolute atomic E-state index is 0.0380. The van der Waals surface area contributed by atoms with Crippen molar-refractivity contribution < 1.29 is 8.78 Å². The molecule has 0 fully saturated rings. The van der Waals surface area contributed by atoms with Crippen molar-refractivity contribution in [3.8, 4) is 0 Å². The Morgan fingerprint density at radius 3 is 2.11 bits per heavy atom. The van der Waals surface area contributed by atoms with E-state index in [2.05, 4.69) is 22.6 Å². The average Bonchev–Trinajstić information content (AvgIpc) is 2.34. The first-order chi connectivity index (χ1) is 8.58. The van der Waals surface area contributed by atoms with Crippen LogP contribution in [-0.4, -0.2) is 0 Å². The molecule has 0 heterocycles. The van der Waals surface area contributed by atoms with Gasteiger partial charge in [-0.25, -0.2) is 8.78 Å². The highest BCUT2D eigenvalue weighted by Gasteiger charge is 2.15. The summed E-state index contributed by atoms with van der Waals surface area (Å²) in [6.45, 7) is 0. The zero-order valence-corrected chi connectivity index (χ0v) is 12.3. The Morgan fingerprint density at radius 2 is 1.56 bits per heavy atom. The van der Waals surface area contributed by atoms with Gasteiger partial charge in [0.25, 0.3) is 0 Å². The van der Waals surface area contributed by atoms with Gasteiger partial charge in [-0.05, 0) is 58.8 Å². The summed E-state index contributed by atoms with van der Waals surface area (Å²) in [6.07, 6.45) is 0.140. The van der Waals surface area contributed by atoms with Crippen LogP contribution < -0.4 is 0 Å². The molecule has 1 unspecified atom stereocenters. The lowest BCUT2D eigenvalue weighted by molar-refractivity contribution is 0.553. The highest BCUT2D eigenvalue weighted by molar-refractivity contribution is 14.1. The van der Waals surface area contributed by atoms with Gasteiger partial charge < -0.3 is 0 Å². The molecule has 0 aliphatic rings. The van der Waals surface area contributed by atoms with Gasteiger partial charge in [-0.3, -0.25) is 0 Å². The second-order valence-corrected chi connectivity index (χ2v) is 5.70. The fourth-order valence-corrected chi connectivity index (χ4v) is 2.36. The van der Waals surface area contributed by atoms with Gasteiger partial charge in [-0.2, -0.15) is 0 Å². The SMILES string of the molecule is Fc1cccc(F)c1CC(Cl)c1ccc(I)cc1. The molecule has 2 rings (SSSR count). The van der Waals surface area contributed by atoms with Crippen molar-refractivity contribution in [3.63, 3.8) is 0 Å². The van der Waals surface area contributed by atoms with Crippen LogP contribution in [0.1, 0.15) is 16.5 Å². The summed E-state index contributed by atoms with van der Waals surface area (Å²) < 4.78 is 28.1. The van der Waals surface area contributed by atoms with Crippen molar-refractivity contribution in [2.45, 2.75) is 11.8 Å². The quantitative estimate of drug-likeness (QED) is 0.515. The van der Waals surface area contributed by atoms with Crippen LogP contribution >= 0.6 is 34.2 Å². The van der Waals surface area contributed by atoms with Crippen LogP contribution in [0.25, 0.3) is 0 Å². The molecule has 0 nitrogen and oxygen atoms in total. The van der Waals surface area contributed by atoms with Gasteiger partial charge in [0.1, 0.15) is 11.6 Å². The number of rotatable bonds is 3. The number of hydrogen-bond acceptors (Lipinski definition) is 0. The van der Waals surface area contributed by atoms with E-state index in [9.17, 15) is 8.78 Å². The van der Waals surface area contributed by atoms with E-state index in [1.807, 2.05) is 24.3 Å². The Kier molecular flexibility index (Phi) is 4.56. The number of halogens is 4. The summed E-state index contributed by atoms with van der Waals surface area (Å²) in [4.78, 5) is 0. The van der Waals surface area contributed by atoms with Crippen LogP contribution in [0, 0.1) is 15.2 Å². The maximum atomic E-state index is 13.5. The van der Waals surface area contributed by atoms with Crippen molar-refractivity contribution in [2.24, 2.45) is 0 Å². The van der Waals surface area contributed by atoms with E-state index >= 15 is 0 Å². The smallest absolute Gasteiger partial charge is 0.129 e. The standard InChI is InChI=1S/C14H10ClF2I/c15-12(9-4-6-10(18)7-5-9)8-11-13(16)2-1-3-14(11)17/h1-7,12H,8H2. The Morgan fingerprint density at radius 1 is 1.00 bits per heavy atom. The molecule has 0 bridgehead atoms. The normalized spacial score (nSPS) is 12.4. The topological polar surface area (TPSA) is 0 Å². The van der Waals surface area contributed by atoms with Crippen molar-refractivity contribution in [3.05, 3.63) is 68.8 Å². The van der Waals surface area contributed by atoms with E-state index in [0.717, 1.165) is 9.13 Å². The molecule has 2 aromatic rings. The Balaban J connectivity index is 2.21. The van der Waals surface area contributed by atoms with Crippen molar-refractivity contribution in [1.82, 2.24) is 0 Å². The van der Waals surface area contributed by atoms with Crippen molar-refractivity contribution in [2.75, 3.05) is 0 Å². The van der Waals surface area contributed by atoms with Gasteiger partial charge in [0.15, 0.2) is 0 Å². The minimum atomic E-state index is -0.550. The van der Waals surface area contributed by atoms with E-state index < -0.39 is 17.0 Å². The fraction of sp³-hybridized carbons (Fsp3) is 0.143. The molecule has 1 atom stereocenters. The summed E-state index contributed by atoms with van der Waals surface area (Å²) in [5.74, 6) is -1.10. The van der Waals surface area contributed by atoms with Crippen LogP contribution in [-0.2, 0) is 6.42 Å². The lowest BCUT2D eigenvalue weighted by Crippen LogP contribution is -2.01. The molecule has 94 valence electrons. The summed E-state index contributed by atoms with van der Waals surface area (Å²) in [5.41, 5.74) is 0.899. The van der Waals surface area contributed by atoms with Crippen LogP contribution in [0.4, 0.5) is 8.78 Å². The Labute approximate surface area is 123 Å². The molecule has 0 radical (unpaired) electrons. The second kappa shape index (κ2) is 5.97. The van der Waals surface area contributed by atoms with Crippen LogP contribution in [0.3, 0.4) is 0 Å². The fourth-order valence-electron chi connectivity index (χ4n) is 1.70. The third-order valence-electron chi connectivity index (χ3n) is 2.68. The molecule has 4 heteroatoms. The minimum Gasteiger partial charge on any atom is -0.207 e. The molecule has 0 aliphatic heterocycles. The summed E-state index contributed by atoms with van der Waals surface area (Å²) in [6, 6.07) is 11.4. The highest BCUT2D eigenvalue weighted by atomic mass is 127. The second-order valence-electron chi connectivity index (χ2n) is 3.92. The molecular formula is C14H10ClF2I. The third kappa shape index (κ3) is 3.20. The van der Waals surface area contributed by atoms with E-state index in [4.69, 9.17) is 11.6 Å². The van der Waals surface area contributed by atoms with Gasteiger partial charge >= 0.3 is 0 Å². The van der Waals surface area contributed by atoms with Gasteiger partial charge in [-0.15, -0.1) is 11.6 Å². The van der Waals surface area contributed by atoms with Crippen LogP contribution in [0.2, 0.25) is 0 Å². The molecule has 0 N–H and O–H groups in total. The molecule has 2 aromatic carbocycles. The first-order valence-electron chi connectivity index (χ1n) is 5.40. The molecule has 0 saturated carbocycles. The zero-order valence-electron chi connectivity index (χ0n) is 9.34. The molecule has 0 saturated heterocycles. The Bertz CT molecular complexity index is 520. The monoisotopic (exact) mass is 378 g/mol. The number of benzene rings is 2. The first-order valence-corrected chi connectivity index (χ1v) is 6.92. The summed E-state index contributed by atoms with van der Waals surface area (Å²) >= 11 is 8.39. The largest absolute Gasteiger partial charge is 0.207 e. The number of hydrogen-bond donors (Lipinski definition) is 0. The molecule has 18 heavy (non-hydrogen) atoms.